The lowest BCUT2D eigenvalue weighted by molar-refractivity contribution is -0.129. The van der Waals surface area contributed by atoms with Gasteiger partial charge in [0.25, 0.3) is 0 Å². The summed E-state index contributed by atoms with van der Waals surface area (Å²) in [5.41, 5.74) is 0. The minimum atomic E-state index is 0. The second-order valence-corrected chi connectivity index (χ2v) is 2.98. The molecule has 2 fully saturated rings. The van der Waals surface area contributed by atoms with Gasteiger partial charge in [-0.3, -0.25) is 4.79 Å². The van der Waals surface area contributed by atoms with E-state index in [1.165, 1.54) is 0 Å². The molecule has 0 aliphatic carbocycles. The summed E-state index contributed by atoms with van der Waals surface area (Å²) in [6, 6.07) is 0.515. The predicted molar refractivity (Wildman–Crippen MR) is 44.9 cm³/mol. The summed E-state index contributed by atoms with van der Waals surface area (Å²) in [6.45, 7) is 2.90. The number of rotatable bonds is 0. The Kier molecular flexibility index (Phi) is 2.73. The topological polar surface area (TPSA) is 32.3 Å². The van der Waals surface area contributed by atoms with Crippen molar-refractivity contribution in [1.82, 2.24) is 10.2 Å². The first-order chi connectivity index (χ1) is 4.88. The second-order valence-electron chi connectivity index (χ2n) is 2.98. The zero-order valence-electron chi connectivity index (χ0n) is 6.38. The molecule has 2 saturated heterocycles. The van der Waals surface area contributed by atoms with Crippen LogP contribution in [0.5, 0.6) is 0 Å². The molecule has 1 amide bonds. The Morgan fingerprint density at radius 2 is 2.36 bits per heavy atom. The molecule has 0 aromatic carbocycles. The highest BCUT2D eigenvalue weighted by Gasteiger charge is 2.31. The summed E-state index contributed by atoms with van der Waals surface area (Å²) in [6.07, 6.45) is 1.83. The summed E-state index contributed by atoms with van der Waals surface area (Å²) in [4.78, 5) is 13.1. The Hall–Kier alpha value is -0.280. The van der Waals surface area contributed by atoms with E-state index in [-0.39, 0.29) is 12.4 Å². The number of hydrogen-bond acceptors (Lipinski definition) is 2. The Bertz CT molecular complexity index is 163. The highest BCUT2D eigenvalue weighted by molar-refractivity contribution is 5.85. The molecule has 1 N–H and O–H groups in total. The number of carbonyl (C=O) groups is 1. The van der Waals surface area contributed by atoms with E-state index in [2.05, 4.69) is 5.32 Å². The number of fused-ring (bicyclic) bond motifs is 1. The third-order valence-electron chi connectivity index (χ3n) is 2.36. The van der Waals surface area contributed by atoms with Gasteiger partial charge in [-0.25, -0.2) is 0 Å². The molecule has 4 heteroatoms. The van der Waals surface area contributed by atoms with Crippen molar-refractivity contribution in [3.8, 4) is 0 Å². The van der Waals surface area contributed by atoms with E-state index in [1.807, 2.05) is 4.90 Å². The van der Waals surface area contributed by atoms with Gasteiger partial charge < -0.3 is 10.2 Å². The lowest BCUT2D eigenvalue weighted by Crippen LogP contribution is -2.49. The van der Waals surface area contributed by atoms with Crippen LogP contribution in [0, 0.1) is 0 Å². The molecule has 11 heavy (non-hydrogen) atoms. The maximum atomic E-state index is 11.1. The van der Waals surface area contributed by atoms with Crippen molar-refractivity contribution >= 4 is 18.3 Å². The quantitative estimate of drug-likeness (QED) is 0.564. The molecule has 2 heterocycles. The fourth-order valence-corrected chi connectivity index (χ4v) is 1.78. The molecule has 2 aliphatic rings. The van der Waals surface area contributed by atoms with E-state index in [0.717, 1.165) is 32.5 Å². The van der Waals surface area contributed by atoms with Gasteiger partial charge in [-0.05, 0) is 6.42 Å². The number of nitrogens with zero attached hydrogens (tertiary/aromatic N) is 1. The van der Waals surface area contributed by atoms with Crippen molar-refractivity contribution in [2.75, 3.05) is 19.6 Å². The van der Waals surface area contributed by atoms with Gasteiger partial charge in [-0.2, -0.15) is 0 Å². The molecule has 64 valence electrons. The van der Waals surface area contributed by atoms with Gasteiger partial charge in [0.2, 0.25) is 5.91 Å². The average molecular weight is 177 g/mol. The number of nitrogens with one attached hydrogen (secondary N) is 1. The van der Waals surface area contributed by atoms with Crippen molar-refractivity contribution in [2.24, 2.45) is 0 Å². The molecule has 1 atom stereocenters. The van der Waals surface area contributed by atoms with E-state index in [1.54, 1.807) is 0 Å². The zero-order chi connectivity index (χ0) is 6.97. The molecule has 0 spiro atoms. The Labute approximate surface area is 72.5 Å². The Morgan fingerprint density at radius 3 is 3.09 bits per heavy atom. The van der Waals surface area contributed by atoms with Gasteiger partial charge in [0.1, 0.15) is 0 Å². The average Bonchev–Trinajstić information content (AvgIpc) is 2.34. The van der Waals surface area contributed by atoms with Crippen LogP contribution in [0.15, 0.2) is 0 Å². The van der Waals surface area contributed by atoms with Gasteiger partial charge in [-0.1, -0.05) is 0 Å². The smallest absolute Gasteiger partial charge is 0.222 e. The van der Waals surface area contributed by atoms with Gasteiger partial charge in [-0.15, -0.1) is 12.4 Å². The summed E-state index contributed by atoms with van der Waals surface area (Å²) < 4.78 is 0. The first kappa shape index (κ1) is 8.81. The van der Waals surface area contributed by atoms with Crippen molar-refractivity contribution in [3.05, 3.63) is 0 Å². The Balaban J connectivity index is 0.000000605. The molecular weight excluding hydrogens is 164 g/mol. The maximum absolute atomic E-state index is 11.1. The van der Waals surface area contributed by atoms with Crippen LogP contribution in [0.1, 0.15) is 12.8 Å². The zero-order valence-corrected chi connectivity index (χ0v) is 7.19. The van der Waals surface area contributed by atoms with Crippen molar-refractivity contribution in [1.29, 1.82) is 0 Å². The van der Waals surface area contributed by atoms with Crippen molar-refractivity contribution in [3.63, 3.8) is 0 Å². The fraction of sp³-hybridized carbons (Fsp3) is 0.857. The van der Waals surface area contributed by atoms with Crippen LogP contribution in [0.25, 0.3) is 0 Å². The van der Waals surface area contributed by atoms with E-state index in [0.29, 0.717) is 11.9 Å². The SMILES string of the molecule is Cl.O=C1CC[C@H]2CNCCN12. The molecule has 0 radical (unpaired) electrons. The van der Waals surface area contributed by atoms with E-state index < -0.39 is 0 Å². The largest absolute Gasteiger partial charge is 0.337 e. The van der Waals surface area contributed by atoms with E-state index in [9.17, 15) is 4.79 Å². The molecule has 3 nitrogen and oxygen atoms in total. The van der Waals surface area contributed by atoms with Gasteiger partial charge in [0.05, 0.1) is 0 Å². The first-order valence-electron chi connectivity index (χ1n) is 3.88. The lowest BCUT2D eigenvalue weighted by atomic mass is 10.2. The third kappa shape index (κ3) is 1.49. The molecule has 0 bridgehead atoms. The number of carbonyl (C=O) groups excluding carboxylic acids is 1. The van der Waals surface area contributed by atoms with Crippen molar-refractivity contribution < 1.29 is 4.79 Å². The molecule has 0 saturated carbocycles. The van der Waals surface area contributed by atoms with Crippen LogP contribution in [0.3, 0.4) is 0 Å². The molecule has 0 unspecified atom stereocenters. The summed E-state index contributed by atoms with van der Waals surface area (Å²) in [5, 5.41) is 3.28. The van der Waals surface area contributed by atoms with Gasteiger partial charge >= 0.3 is 0 Å². The second kappa shape index (κ2) is 3.41. The van der Waals surface area contributed by atoms with Crippen LogP contribution >= 0.6 is 12.4 Å². The standard InChI is InChI=1S/C7H12N2O.ClH/c10-7-2-1-6-5-8-3-4-9(6)7;/h6,8H,1-5H2;1H/t6-;/m0./s1. The van der Waals surface area contributed by atoms with E-state index in [4.69, 9.17) is 0 Å². The highest BCUT2D eigenvalue weighted by atomic mass is 35.5. The van der Waals surface area contributed by atoms with Crippen LogP contribution in [0.2, 0.25) is 0 Å². The summed E-state index contributed by atoms with van der Waals surface area (Å²) in [7, 11) is 0. The van der Waals surface area contributed by atoms with Gasteiger partial charge in [0.15, 0.2) is 0 Å². The highest BCUT2D eigenvalue weighted by Crippen LogP contribution is 2.18. The van der Waals surface area contributed by atoms with Gasteiger partial charge in [0, 0.05) is 32.1 Å². The van der Waals surface area contributed by atoms with Crippen LogP contribution in [-0.2, 0) is 4.79 Å². The predicted octanol–water partition coefficient (Wildman–Crippen LogP) is 0.00240. The number of amides is 1. The minimum absolute atomic E-state index is 0. The summed E-state index contributed by atoms with van der Waals surface area (Å²) in [5.74, 6) is 0.353. The minimum Gasteiger partial charge on any atom is -0.337 e. The molecule has 0 aromatic heterocycles. The molecule has 0 aromatic rings. The molecule has 2 aliphatic heterocycles. The Morgan fingerprint density at radius 1 is 1.55 bits per heavy atom. The third-order valence-corrected chi connectivity index (χ3v) is 2.36. The molecule has 2 rings (SSSR count). The number of halogens is 1. The van der Waals surface area contributed by atoms with Crippen LogP contribution in [-0.4, -0.2) is 36.5 Å². The lowest BCUT2D eigenvalue weighted by Gasteiger charge is -2.29. The van der Waals surface area contributed by atoms with Crippen molar-refractivity contribution in [2.45, 2.75) is 18.9 Å². The first-order valence-corrected chi connectivity index (χ1v) is 3.88. The van der Waals surface area contributed by atoms with Crippen LogP contribution < -0.4 is 5.32 Å². The van der Waals surface area contributed by atoms with Crippen LogP contribution in [0.4, 0.5) is 0 Å². The monoisotopic (exact) mass is 176 g/mol. The van der Waals surface area contributed by atoms with E-state index >= 15 is 0 Å². The fourth-order valence-electron chi connectivity index (χ4n) is 1.78. The normalized spacial score (nSPS) is 29.6. The molecular formula is C7H13ClN2O. The summed E-state index contributed by atoms with van der Waals surface area (Å²) >= 11 is 0. The number of piperazine rings is 1. The number of hydrogen-bond donors (Lipinski definition) is 1. The maximum Gasteiger partial charge on any atom is 0.222 e.